The van der Waals surface area contributed by atoms with Gasteiger partial charge in [0.15, 0.2) is 0 Å². The van der Waals surface area contributed by atoms with E-state index in [1.807, 2.05) is 6.92 Å². The fourth-order valence-corrected chi connectivity index (χ4v) is 4.50. The predicted octanol–water partition coefficient (Wildman–Crippen LogP) is 1.53. The minimum Gasteiger partial charge on any atom is -0.466 e. The number of hydrogen-bond donors (Lipinski definition) is 0. The molecule has 0 N–H and O–H groups in total. The molecule has 0 aromatic carbocycles. The van der Waals surface area contributed by atoms with Gasteiger partial charge in [-0.1, -0.05) is 0 Å². The van der Waals surface area contributed by atoms with Crippen LogP contribution >= 0.6 is 0 Å². The van der Waals surface area contributed by atoms with Crippen molar-refractivity contribution in [2.24, 2.45) is 5.92 Å². The molecule has 2 fully saturated rings. The molecule has 0 aromatic heterocycles. The summed E-state index contributed by atoms with van der Waals surface area (Å²) < 4.78 is 30.5. The second-order valence-corrected chi connectivity index (χ2v) is 7.47. The number of esters is 1. The maximum Gasteiger partial charge on any atom is 0.308 e. The van der Waals surface area contributed by atoms with Crippen LogP contribution in [0.3, 0.4) is 0 Å². The molecule has 0 radical (unpaired) electrons. The Morgan fingerprint density at radius 2 is 1.58 bits per heavy atom. The van der Waals surface area contributed by atoms with Crippen LogP contribution in [0.4, 0.5) is 0 Å². The van der Waals surface area contributed by atoms with Crippen molar-refractivity contribution in [1.29, 1.82) is 0 Å². The molecule has 0 unspecified atom stereocenters. The van der Waals surface area contributed by atoms with Gasteiger partial charge in [-0.05, 0) is 45.4 Å². The van der Waals surface area contributed by atoms with Crippen molar-refractivity contribution in [3.05, 3.63) is 0 Å². The third-order valence-corrected chi connectivity index (χ3v) is 5.33. The molecule has 0 aromatic rings. The van der Waals surface area contributed by atoms with Crippen LogP contribution in [0.5, 0.6) is 0 Å². The maximum atomic E-state index is 11.9. The van der Waals surface area contributed by atoms with E-state index in [4.69, 9.17) is 4.74 Å². The highest BCUT2D eigenvalue weighted by Gasteiger charge is 2.41. The summed E-state index contributed by atoms with van der Waals surface area (Å²) in [7, 11) is -3.13. The van der Waals surface area contributed by atoms with Gasteiger partial charge in [0.1, 0.15) is 0 Å². The molecular formula is C13H23NO4S. The van der Waals surface area contributed by atoms with Gasteiger partial charge in [0, 0.05) is 12.1 Å². The molecule has 6 heteroatoms. The van der Waals surface area contributed by atoms with Crippen LogP contribution in [0.2, 0.25) is 0 Å². The maximum absolute atomic E-state index is 11.9. The molecule has 2 rings (SSSR count). The molecule has 0 amide bonds. The lowest BCUT2D eigenvalue weighted by Crippen LogP contribution is -2.44. The standard InChI is InChI=1S/C13H23NO4S/c1-3-18-13(15)10-4-6-11(7-5-10)14(12-8-9-12)19(2,16)17/h10-12H,3-9H2,1-2H3. The lowest BCUT2D eigenvalue weighted by molar-refractivity contribution is -0.149. The Balaban J connectivity index is 1.93. The molecule has 2 aliphatic rings. The summed E-state index contributed by atoms with van der Waals surface area (Å²) >= 11 is 0. The number of carbonyl (C=O) groups excluding carboxylic acids is 1. The van der Waals surface area contributed by atoms with Crippen molar-refractivity contribution in [2.75, 3.05) is 12.9 Å². The molecule has 0 saturated heterocycles. The number of carbonyl (C=O) groups is 1. The van der Waals surface area contributed by atoms with Gasteiger partial charge < -0.3 is 4.74 Å². The van der Waals surface area contributed by atoms with Gasteiger partial charge in [0.05, 0.1) is 18.8 Å². The molecule has 0 aliphatic heterocycles. The van der Waals surface area contributed by atoms with Crippen molar-refractivity contribution in [3.63, 3.8) is 0 Å². The average molecular weight is 289 g/mol. The Hall–Kier alpha value is -0.620. The Morgan fingerprint density at radius 1 is 1.11 bits per heavy atom. The molecule has 2 saturated carbocycles. The molecule has 0 spiro atoms. The van der Waals surface area contributed by atoms with Crippen LogP contribution in [-0.4, -0.2) is 43.6 Å². The summed E-state index contributed by atoms with van der Waals surface area (Å²) in [5.41, 5.74) is 0. The van der Waals surface area contributed by atoms with E-state index in [0.717, 1.165) is 38.5 Å². The predicted molar refractivity (Wildman–Crippen MR) is 72.1 cm³/mol. The molecular weight excluding hydrogens is 266 g/mol. The third kappa shape index (κ3) is 3.69. The van der Waals surface area contributed by atoms with E-state index in [1.165, 1.54) is 6.26 Å². The van der Waals surface area contributed by atoms with E-state index in [-0.39, 0.29) is 24.0 Å². The van der Waals surface area contributed by atoms with Gasteiger partial charge in [0.25, 0.3) is 0 Å². The molecule has 19 heavy (non-hydrogen) atoms. The Kier molecular flexibility index (Phi) is 4.50. The summed E-state index contributed by atoms with van der Waals surface area (Å²) in [5, 5.41) is 0. The van der Waals surface area contributed by atoms with Crippen molar-refractivity contribution >= 4 is 16.0 Å². The first-order valence-electron chi connectivity index (χ1n) is 7.08. The second kappa shape index (κ2) is 5.79. The zero-order valence-corrected chi connectivity index (χ0v) is 12.5. The van der Waals surface area contributed by atoms with Crippen LogP contribution < -0.4 is 0 Å². The SMILES string of the molecule is CCOC(=O)C1CCC(N(C2CC2)S(C)(=O)=O)CC1. The molecule has 110 valence electrons. The van der Waals surface area contributed by atoms with E-state index >= 15 is 0 Å². The van der Waals surface area contributed by atoms with Gasteiger partial charge in [-0.25, -0.2) is 8.42 Å². The molecule has 5 nitrogen and oxygen atoms in total. The normalized spacial score (nSPS) is 28.4. The largest absolute Gasteiger partial charge is 0.466 e. The van der Waals surface area contributed by atoms with Gasteiger partial charge in [-0.15, -0.1) is 0 Å². The van der Waals surface area contributed by atoms with E-state index in [9.17, 15) is 13.2 Å². The monoisotopic (exact) mass is 289 g/mol. The quantitative estimate of drug-likeness (QED) is 0.720. The Bertz CT molecular complexity index is 422. The third-order valence-electron chi connectivity index (χ3n) is 3.97. The van der Waals surface area contributed by atoms with Crippen LogP contribution in [0.15, 0.2) is 0 Å². The summed E-state index contributed by atoms with van der Waals surface area (Å²) in [6.07, 6.45) is 6.27. The van der Waals surface area contributed by atoms with Crippen LogP contribution in [0, 0.1) is 5.92 Å². The summed E-state index contributed by atoms with van der Waals surface area (Å²) in [4.78, 5) is 11.7. The zero-order chi connectivity index (χ0) is 14.0. The van der Waals surface area contributed by atoms with Gasteiger partial charge in [-0.2, -0.15) is 4.31 Å². The number of ether oxygens (including phenoxy) is 1. The first kappa shape index (κ1) is 14.8. The van der Waals surface area contributed by atoms with Crippen molar-refractivity contribution in [1.82, 2.24) is 4.31 Å². The average Bonchev–Trinajstić information content (AvgIpc) is 3.13. The smallest absolute Gasteiger partial charge is 0.308 e. The second-order valence-electron chi connectivity index (χ2n) is 5.58. The van der Waals surface area contributed by atoms with Crippen molar-refractivity contribution < 1.29 is 17.9 Å². The first-order valence-corrected chi connectivity index (χ1v) is 8.93. The fourth-order valence-electron chi connectivity index (χ4n) is 2.99. The van der Waals surface area contributed by atoms with E-state index in [2.05, 4.69) is 0 Å². The zero-order valence-electron chi connectivity index (χ0n) is 11.7. The van der Waals surface area contributed by atoms with Crippen molar-refractivity contribution in [3.8, 4) is 0 Å². The summed E-state index contributed by atoms with van der Waals surface area (Å²) in [6.45, 7) is 2.22. The highest BCUT2D eigenvalue weighted by molar-refractivity contribution is 7.88. The van der Waals surface area contributed by atoms with Crippen molar-refractivity contribution in [2.45, 2.75) is 57.5 Å². The molecule has 0 heterocycles. The van der Waals surface area contributed by atoms with E-state index in [1.54, 1.807) is 4.31 Å². The first-order chi connectivity index (χ1) is 8.93. The molecule has 0 bridgehead atoms. The highest BCUT2D eigenvalue weighted by Crippen LogP contribution is 2.37. The summed E-state index contributed by atoms with van der Waals surface area (Å²) in [6, 6.07) is 0.285. The van der Waals surface area contributed by atoms with Gasteiger partial charge >= 0.3 is 5.97 Å². The molecule has 0 atom stereocenters. The molecule has 2 aliphatic carbocycles. The Labute approximate surface area is 115 Å². The number of nitrogens with zero attached hydrogens (tertiary/aromatic N) is 1. The topological polar surface area (TPSA) is 63.7 Å². The number of rotatable bonds is 5. The minimum atomic E-state index is -3.13. The van der Waals surface area contributed by atoms with Crippen LogP contribution in [0.1, 0.15) is 45.4 Å². The van der Waals surface area contributed by atoms with E-state index < -0.39 is 10.0 Å². The summed E-state index contributed by atoms with van der Waals surface area (Å²) in [5.74, 6) is -0.171. The van der Waals surface area contributed by atoms with Gasteiger partial charge in [0.2, 0.25) is 10.0 Å². The minimum absolute atomic E-state index is 0.0446. The fraction of sp³-hybridized carbons (Fsp3) is 0.923. The lowest BCUT2D eigenvalue weighted by Gasteiger charge is -2.34. The number of hydrogen-bond acceptors (Lipinski definition) is 4. The Morgan fingerprint density at radius 3 is 1.95 bits per heavy atom. The van der Waals surface area contributed by atoms with Crippen LogP contribution in [0.25, 0.3) is 0 Å². The highest BCUT2D eigenvalue weighted by atomic mass is 32.2. The lowest BCUT2D eigenvalue weighted by atomic mass is 9.86. The van der Waals surface area contributed by atoms with Crippen LogP contribution in [-0.2, 0) is 19.6 Å². The number of sulfonamides is 1. The van der Waals surface area contributed by atoms with E-state index in [0.29, 0.717) is 6.61 Å². The van der Waals surface area contributed by atoms with Gasteiger partial charge in [-0.3, -0.25) is 4.79 Å².